The molecular weight excluding hydrogens is 730 g/mol. The van der Waals surface area contributed by atoms with Crippen LogP contribution in [-0.2, 0) is 26.9 Å². The van der Waals surface area contributed by atoms with E-state index in [1.165, 1.54) is 17.5 Å². The minimum absolute atomic E-state index is 0.131. The van der Waals surface area contributed by atoms with E-state index in [0.717, 1.165) is 94.3 Å². The molecule has 0 spiro atoms. The number of rotatable bonds is 14. The zero-order chi connectivity index (χ0) is 40.3. The van der Waals surface area contributed by atoms with Gasteiger partial charge in [-0.2, -0.15) is 0 Å². The summed E-state index contributed by atoms with van der Waals surface area (Å²) in [5, 5.41) is 0.626. The van der Waals surface area contributed by atoms with Gasteiger partial charge in [0.1, 0.15) is 16.7 Å². The van der Waals surface area contributed by atoms with E-state index in [1.807, 2.05) is 52.8 Å². The number of benzene rings is 2. The average Bonchev–Trinajstić information content (AvgIpc) is 3.36. The summed E-state index contributed by atoms with van der Waals surface area (Å²) in [5.41, 5.74) is 4.20. The second-order valence-corrected chi connectivity index (χ2v) is 18.2. The second kappa shape index (κ2) is 21.5. The Morgan fingerprint density at radius 2 is 1.69 bits per heavy atom. The molecule has 2 aromatic rings. The number of anilines is 1. The lowest BCUT2D eigenvalue weighted by atomic mass is 9.71. The molecule has 3 aliphatic heterocycles. The van der Waals surface area contributed by atoms with E-state index in [-0.39, 0.29) is 34.8 Å². The Morgan fingerprint density at radius 3 is 2.29 bits per heavy atom. The van der Waals surface area contributed by atoms with Gasteiger partial charge in [-0.05, 0) is 112 Å². The Morgan fingerprint density at radius 1 is 0.982 bits per heavy atom. The number of nitrogens with zero attached hydrogens (tertiary/aromatic N) is 2. The van der Waals surface area contributed by atoms with Crippen LogP contribution in [0.15, 0.2) is 36.4 Å². The molecule has 6 atom stereocenters. The number of fused-ring (bicyclic) bond motifs is 1. The minimum atomic E-state index is -1.48. The van der Waals surface area contributed by atoms with Gasteiger partial charge in [0.15, 0.2) is 6.29 Å². The highest BCUT2D eigenvalue weighted by Crippen LogP contribution is 2.43. The van der Waals surface area contributed by atoms with Crippen LogP contribution in [-0.4, -0.2) is 77.6 Å². The quantitative estimate of drug-likeness (QED) is 0.204. The van der Waals surface area contributed by atoms with Gasteiger partial charge in [-0.1, -0.05) is 79.0 Å². The molecule has 8 nitrogen and oxygen atoms in total. The van der Waals surface area contributed by atoms with Crippen LogP contribution >= 0.6 is 11.6 Å². The lowest BCUT2D eigenvalue weighted by Gasteiger charge is -2.54. The topological polar surface area (TPSA) is 80.3 Å². The number of amides is 1. The molecule has 0 bridgehead atoms. The van der Waals surface area contributed by atoms with E-state index in [1.54, 1.807) is 6.07 Å². The van der Waals surface area contributed by atoms with E-state index < -0.39 is 11.0 Å². The summed E-state index contributed by atoms with van der Waals surface area (Å²) < 4.78 is 35.2. The fourth-order valence-corrected chi connectivity index (χ4v) is 9.77. The van der Waals surface area contributed by atoms with Crippen molar-refractivity contribution in [3.05, 3.63) is 58.1 Å². The van der Waals surface area contributed by atoms with E-state index in [0.29, 0.717) is 30.0 Å². The minimum Gasteiger partial charge on any atom is -0.491 e. The largest absolute Gasteiger partial charge is 0.491 e. The van der Waals surface area contributed by atoms with Crippen LogP contribution < -0.4 is 14.4 Å². The Balaban J connectivity index is 0.00000163. The molecule has 1 amide bonds. The number of nitrogens with one attached hydrogen (secondary N) is 1. The summed E-state index contributed by atoms with van der Waals surface area (Å²) in [4.78, 5) is 18.5. The number of aryl methyl sites for hydroxylation is 1. The van der Waals surface area contributed by atoms with Crippen molar-refractivity contribution in [1.29, 1.82) is 0 Å². The highest BCUT2D eigenvalue weighted by atomic mass is 35.5. The molecule has 0 radical (unpaired) electrons. The third-order valence-electron chi connectivity index (χ3n) is 12.2. The molecule has 6 unspecified atom stereocenters. The molecule has 1 aliphatic carbocycles. The monoisotopic (exact) mass is 801 g/mol. The summed E-state index contributed by atoms with van der Waals surface area (Å²) in [5.74, 6) is 1.83. The van der Waals surface area contributed by atoms with Crippen molar-refractivity contribution in [2.24, 2.45) is 17.8 Å². The van der Waals surface area contributed by atoms with Crippen molar-refractivity contribution in [1.82, 2.24) is 9.62 Å². The Labute approximate surface area is 341 Å². The van der Waals surface area contributed by atoms with Crippen LogP contribution in [0.25, 0.3) is 0 Å². The van der Waals surface area contributed by atoms with Crippen LogP contribution in [0.5, 0.6) is 5.75 Å². The standard InChI is InChI=1S/C41H60ClN3O5S.2C2H6/c1-7-9-27(3)28(4)51(47)43-40(46)31-13-16-38-37(20-31)44(23-33(24-48-38)36-15-14-34(42)19-30(36)10-8-2)22-32-12-11-29(32)21-39-49-25-35(26-50-39)45-18-17-41(45,5)6;2*1-2/h13-16,19-20,27-29,32-33,35,39H,7-12,17-18,21-26H2,1-6H3,(H,43,46);2*1-2H3. The first-order valence-electron chi connectivity index (χ1n) is 21.5. The van der Waals surface area contributed by atoms with E-state index in [9.17, 15) is 9.00 Å². The molecule has 55 heavy (non-hydrogen) atoms. The maximum atomic E-state index is 13.5. The van der Waals surface area contributed by atoms with Gasteiger partial charge < -0.3 is 19.1 Å². The number of carbonyl (C=O) groups excluding carboxylic acids is 1. The van der Waals surface area contributed by atoms with Gasteiger partial charge in [-0.3, -0.25) is 14.4 Å². The number of hydrogen-bond acceptors (Lipinski definition) is 7. The van der Waals surface area contributed by atoms with Crippen molar-refractivity contribution in [3.63, 3.8) is 0 Å². The normalized spacial score (nSPS) is 26.1. The molecule has 3 fully saturated rings. The number of ether oxygens (including phenoxy) is 3. The van der Waals surface area contributed by atoms with Crippen molar-refractivity contribution in [2.75, 3.05) is 44.4 Å². The highest BCUT2D eigenvalue weighted by Gasteiger charge is 2.43. The van der Waals surface area contributed by atoms with Crippen LogP contribution in [0, 0.1) is 17.8 Å². The first-order chi connectivity index (χ1) is 26.5. The van der Waals surface area contributed by atoms with Crippen LogP contribution in [0.1, 0.15) is 142 Å². The zero-order valence-corrected chi connectivity index (χ0v) is 37.2. The highest BCUT2D eigenvalue weighted by molar-refractivity contribution is 7.84. The predicted octanol–water partition coefficient (Wildman–Crippen LogP) is 10.2. The third-order valence-corrected chi connectivity index (χ3v) is 14.0. The summed E-state index contributed by atoms with van der Waals surface area (Å²) >= 11 is 6.47. The van der Waals surface area contributed by atoms with Crippen molar-refractivity contribution in [2.45, 2.75) is 150 Å². The molecule has 1 N–H and O–H groups in total. The number of halogens is 1. The van der Waals surface area contributed by atoms with Gasteiger partial charge in [0, 0.05) is 48.1 Å². The number of likely N-dealkylation sites (tertiary alicyclic amines) is 1. The Bertz CT molecular complexity index is 1530. The van der Waals surface area contributed by atoms with E-state index >= 15 is 0 Å². The average molecular weight is 803 g/mol. The molecular formula is C45H72ClN3O5S. The first-order valence-corrected chi connectivity index (χ1v) is 23.1. The molecule has 0 aromatic heterocycles. The maximum absolute atomic E-state index is 13.5. The third kappa shape index (κ3) is 11.5. The summed E-state index contributed by atoms with van der Waals surface area (Å²) in [6, 6.07) is 12.3. The van der Waals surface area contributed by atoms with Crippen molar-refractivity contribution >= 4 is 34.2 Å². The Hall–Kier alpha value is -2.17. The summed E-state index contributed by atoms with van der Waals surface area (Å²) in [7, 11) is -1.48. The molecule has 2 saturated heterocycles. The molecule has 2 aromatic carbocycles. The van der Waals surface area contributed by atoms with Gasteiger partial charge >= 0.3 is 0 Å². The molecule has 310 valence electrons. The number of hydrogen-bond donors (Lipinski definition) is 1. The van der Waals surface area contributed by atoms with E-state index in [4.69, 9.17) is 25.8 Å². The maximum Gasteiger partial charge on any atom is 0.263 e. The SMILES string of the molecule is CC.CC.CCCc1cc(Cl)ccc1C1COc2ccc(C(=O)NS(=O)C(C)C(C)CCC)cc2N(CC2CCC2CC2OCC(N3CCC3(C)C)CO2)C1. The molecule has 3 heterocycles. The van der Waals surface area contributed by atoms with Gasteiger partial charge in [0.25, 0.3) is 5.91 Å². The fraction of sp³-hybridized carbons (Fsp3) is 0.711. The van der Waals surface area contributed by atoms with Gasteiger partial charge in [0.2, 0.25) is 0 Å². The molecule has 4 aliphatic rings. The summed E-state index contributed by atoms with van der Waals surface area (Å²) in [6.45, 7) is 25.7. The Kier molecular flexibility index (Phi) is 17.8. The number of carbonyl (C=O) groups is 1. The predicted molar refractivity (Wildman–Crippen MR) is 230 cm³/mol. The molecule has 10 heteroatoms. The van der Waals surface area contributed by atoms with Gasteiger partial charge in [-0.15, -0.1) is 0 Å². The van der Waals surface area contributed by atoms with Crippen molar-refractivity contribution in [3.8, 4) is 5.75 Å². The lowest BCUT2D eigenvalue weighted by molar-refractivity contribution is -0.231. The fourth-order valence-electron chi connectivity index (χ4n) is 8.53. The van der Waals surface area contributed by atoms with Gasteiger partial charge in [-0.25, -0.2) is 4.21 Å². The van der Waals surface area contributed by atoms with Crippen molar-refractivity contribution < 1.29 is 23.2 Å². The first kappa shape index (κ1) is 45.5. The van der Waals surface area contributed by atoms with Crippen LogP contribution in [0.2, 0.25) is 5.02 Å². The molecule has 6 rings (SSSR count). The smallest absolute Gasteiger partial charge is 0.263 e. The van der Waals surface area contributed by atoms with Gasteiger partial charge in [0.05, 0.1) is 36.8 Å². The van der Waals surface area contributed by atoms with Crippen LogP contribution in [0.4, 0.5) is 5.69 Å². The van der Waals surface area contributed by atoms with E-state index in [2.05, 4.69) is 61.3 Å². The molecule has 1 saturated carbocycles. The van der Waals surface area contributed by atoms with Crippen LogP contribution in [0.3, 0.4) is 0 Å². The lowest BCUT2D eigenvalue weighted by Crippen LogP contribution is -2.63. The second-order valence-electron chi connectivity index (χ2n) is 16.2. The summed E-state index contributed by atoms with van der Waals surface area (Å²) in [6.07, 6.45) is 8.27. The zero-order valence-electron chi connectivity index (χ0n) is 35.6.